The fourth-order valence-corrected chi connectivity index (χ4v) is 2.59. The van der Waals surface area contributed by atoms with E-state index in [1.807, 2.05) is 0 Å². The highest BCUT2D eigenvalue weighted by Crippen LogP contribution is 2.23. The van der Waals surface area contributed by atoms with Crippen LogP contribution in [0.2, 0.25) is 0 Å². The number of amides is 2. The number of nitrogens with one attached hydrogen (secondary N) is 1. The molecule has 2 amide bonds. The summed E-state index contributed by atoms with van der Waals surface area (Å²) in [6.07, 6.45) is 0. The van der Waals surface area contributed by atoms with Crippen LogP contribution in [0.1, 0.15) is 10.5 Å². The summed E-state index contributed by atoms with van der Waals surface area (Å²) >= 11 is 5.25. The molecule has 3 rings (SSSR count). The molecule has 0 fully saturated rings. The third kappa shape index (κ3) is 4.29. The van der Waals surface area contributed by atoms with Crippen molar-refractivity contribution in [3.63, 3.8) is 0 Å². The molecule has 2 aromatic carbocycles. The topological polar surface area (TPSA) is 110 Å². The number of anilines is 3. The molecule has 0 unspecified atom stereocenters. The van der Waals surface area contributed by atoms with Gasteiger partial charge in [-0.25, -0.2) is 13.9 Å². The summed E-state index contributed by atoms with van der Waals surface area (Å²) in [7, 11) is 0. The number of nitrogens with two attached hydrogens (primary N) is 1. The molecular weight excluding hydrogens is 374 g/mol. The Bertz CT molecular complexity index is 916. The van der Waals surface area contributed by atoms with Crippen LogP contribution in [-0.2, 0) is 0 Å². The van der Waals surface area contributed by atoms with E-state index >= 15 is 0 Å². The standard InChI is InChI=1S/C16H13N5O3S2/c17-10-2-1-3-11(8-10)18-16(23)21(25)12-4-6-13(7-5-12)24-15(22)14-9-26-20-19-14/h1-9,25H,17H2,(H,18,23). The van der Waals surface area contributed by atoms with Crippen LogP contribution in [0.3, 0.4) is 0 Å². The summed E-state index contributed by atoms with van der Waals surface area (Å²) in [5.74, 6) is -0.293. The molecule has 1 heterocycles. The first-order valence-electron chi connectivity index (χ1n) is 7.28. The number of rotatable bonds is 4. The fourth-order valence-electron chi connectivity index (χ4n) is 1.98. The Morgan fingerprint density at radius 1 is 1.19 bits per heavy atom. The number of ether oxygens (including phenoxy) is 1. The lowest BCUT2D eigenvalue weighted by Gasteiger charge is -2.17. The number of benzene rings is 2. The monoisotopic (exact) mass is 387 g/mol. The zero-order chi connectivity index (χ0) is 18.5. The van der Waals surface area contributed by atoms with Crippen molar-refractivity contribution in [1.82, 2.24) is 9.59 Å². The molecule has 3 N–H and O–H groups in total. The highest BCUT2D eigenvalue weighted by molar-refractivity contribution is 7.82. The summed E-state index contributed by atoms with van der Waals surface area (Å²) in [4.78, 5) is 24.1. The Hall–Kier alpha value is -3.11. The van der Waals surface area contributed by atoms with Gasteiger partial charge in [0, 0.05) is 16.8 Å². The average molecular weight is 387 g/mol. The molecule has 8 nitrogen and oxygen atoms in total. The Balaban J connectivity index is 1.63. The molecule has 10 heteroatoms. The number of thiol groups is 1. The normalized spacial score (nSPS) is 10.2. The SMILES string of the molecule is Nc1cccc(NC(=O)N(S)c2ccc(OC(=O)c3csnn3)cc2)c1. The van der Waals surface area contributed by atoms with E-state index in [1.54, 1.807) is 48.5 Å². The van der Waals surface area contributed by atoms with Gasteiger partial charge in [0.1, 0.15) is 5.75 Å². The molecule has 0 saturated carbocycles. The predicted octanol–water partition coefficient (Wildman–Crippen LogP) is 3.22. The van der Waals surface area contributed by atoms with E-state index in [0.29, 0.717) is 22.8 Å². The van der Waals surface area contributed by atoms with Crippen LogP contribution >= 0.6 is 24.3 Å². The number of carbonyl (C=O) groups excluding carboxylic acids is 2. The number of carbonyl (C=O) groups is 2. The average Bonchev–Trinajstić information content (AvgIpc) is 3.16. The lowest BCUT2D eigenvalue weighted by atomic mass is 10.3. The highest BCUT2D eigenvalue weighted by Gasteiger charge is 2.14. The van der Waals surface area contributed by atoms with Crippen LogP contribution in [0.15, 0.2) is 53.9 Å². The van der Waals surface area contributed by atoms with Crippen molar-refractivity contribution in [2.24, 2.45) is 0 Å². The first kappa shape index (κ1) is 17.7. The van der Waals surface area contributed by atoms with Gasteiger partial charge in [-0.2, -0.15) is 0 Å². The largest absolute Gasteiger partial charge is 0.422 e. The van der Waals surface area contributed by atoms with Gasteiger partial charge in [-0.05, 0) is 54.0 Å². The van der Waals surface area contributed by atoms with Crippen molar-refractivity contribution in [2.45, 2.75) is 0 Å². The minimum atomic E-state index is -0.603. The van der Waals surface area contributed by atoms with Crippen LogP contribution in [0.25, 0.3) is 0 Å². The van der Waals surface area contributed by atoms with E-state index in [9.17, 15) is 9.59 Å². The summed E-state index contributed by atoms with van der Waals surface area (Å²) < 4.78 is 9.90. The van der Waals surface area contributed by atoms with Gasteiger partial charge in [-0.15, -0.1) is 5.10 Å². The minimum absolute atomic E-state index is 0.136. The van der Waals surface area contributed by atoms with Crippen molar-refractivity contribution in [1.29, 1.82) is 0 Å². The Labute approximate surface area is 158 Å². The number of urea groups is 1. The van der Waals surface area contributed by atoms with E-state index in [-0.39, 0.29) is 5.69 Å². The molecule has 0 bridgehead atoms. The number of esters is 1. The second-order valence-electron chi connectivity index (χ2n) is 5.04. The first-order valence-corrected chi connectivity index (χ1v) is 8.51. The number of nitrogen functional groups attached to an aromatic ring is 1. The first-order chi connectivity index (χ1) is 12.5. The molecule has 0 saturated heterocycles. The molecule has 0 aliphatic rings. The van der Waals surface area contributed by atoms with Gasteiger partial charge in [-0.3, -0.25) is 0 Å². The molecule has 1 aromatic heterocycles. The van der Waals surface area contributed by atoms with Crippen LogP contribution in [0.5, 0.6) is 5.75 Å². The predicted molar refractivity (Wildman–Crippen MR) is 103 cm³/mol. The van der Waals surface area contributed by atoms with E-state index in [0.717, 1.165) is 15.8 Å². The van der Waals surface area contributed by atoms with E-state index < -0.39 is 12.0 Å². The van der Waals surface area contributed by atoms with E-state index in [2.05, 4.69) is 27.7 Å². The van der Waals surface area contributed by atoms with Crippen molar-refractivity contribution in [3.8, 4) is 5.75 Å². The maximum Gasteiger partial charge on any atom is 0.365 e. The number of hydrogen-bond donors (Lipinski definition) is 3. The van der Waals surface area contributed by atoms with Crippen LogP contribution < -0.4 is 20.1 Å². The maximum absolute atomic E-state index is 12.2. The Kier molecular flexibility index (Phi) is 5.34. The summed E-state index contributed by atoms with van der Waals surface area (Å²) in [5, 5.41) is 7.81. The molecule has 0 spiro atoms. The van der Waals surface area contributed by atoms with Crippen molar-refractivity contribution in [3.05, 3.63) is 59.6 Å². The minimum Gasteiger partial charge on any atom is -0.422 e. The third-order valence-electron chi connectivity index (χ3n) is 3.19. The van der Waals surface area contributed by atoms with Gasteiger partial charge >= 0.3 is 12.0 Å². The zero-order valence-corrected chi connectivity index (χ0v) is 14.9. The van der Waals surface area contributed by atoms with Crippen molar-refractivity contribution >= 4 is 53.4 Å². The highest BCUT2D eigenvalue weighted by atomic mass is 32.1. The maximum atomic E-state index is 12.2. The van der Waals surface area contributed by atoms with Gasteiger partial charge in [0.2, 0.25) is 0 Å². The Morgan fingerprint density at radius 3 is 2.62 bits per heavy atom. The van der Waals surface area contributed by atoms with Crippen molar-refractivity contribution < 1.29 is 14.3 Å². The summed E-state index contributed by atoms with van der Waals surface area (Å²) in [6.45, 7) is 0. The molecule has 0 aliphatic carbocycles. The van der Waals surface area contributed by atoms with E-state index in [1.165, 1.54) is 5.38 Å². The zero-order valence-electron chi connectivity index (χ0n) is 13.2. The van der Waals surface area contributed by atoms with Gasteiger partial charge in [0.05, 0.1) is 5.69 Å². The van der Waals surface area contributed by atoms with Crippen molar-refractivity contribution in [2.75, 3.05) is 15.4 Å². The van der Waals surface area contributed by atoms with Crippen LogP contribution in [-0.4, -0.2) is 21.6 Å². The number of aromatic nitrogens is 2. The third-order valence-corrected chi connectivity index (χ3v) is 4.11. The van der Waals surface area contributed by atoms with Gasteiger partial charge < -0.3 is 15.8 Å². The van der Waals surface area contributed by atoms with E-state index in [4.69, 9.17) is 10.5 Å². The molecule has 132 valence electrons. The summed E-state index contributed by atoms with van der Waals surface area (Å²) in [6, 6.07) is 12.6. The molecule has 0 aliphatic heterocycles. The molecule has 3 aromatic rings. The van der Waals surface area contributed by atoms with Crippen LogP contribution in [0, 0.1) is 0 Å². The van der Waals surface area contributed by atoms with Crippen LogP contribution in [0.4, 0.5) is 21.9 Å². The quantitative estimate of drug-likeness (QED) is 0.274. The smallest absolute Gasteiger partial charge is 0.365 e. The Morgan fingerprint density at radius 2 is 1.96 bits per heavy atom. The number of hydrogen-bond acceptors (Lipinski definition) is 8. The number of nitrogens with zero attached hydrogens (tertiary/aromatic N) is 3. The second-order valence-corrected chi connectivity index (χ2v) is 6.05. The van der Waals surface area contributed by atoms with Gasteiger partial charge in [-0.1, -0.05) is 23.4 Å². The fraction of sp³-hybridized carbons (Fsp3) is 0. The molecule has 0 radical (unpaired) electrons. The molecular formula is C16H13N5O3S2. The summed E-state index contributed by atoms with van der Waals surface area (Å²) in [5.41, 5.74) is 7.40. The second kappa shape index (κ2) is 7.85. The lowest BCUT2D eigenvalue weighted by Crippen LogP contribution is -2.26. The van der Waals surface area contributed by atoms with Gasteiger partial charge in [0.25, 0.3) is 0 Å². The molecule has 0 atom stereocenters. The van der Waals surface area contributed by atoms with Gasteiger partial charge in [0.15, 0.2) is 5.69 Å². The molecule has 26 heavy (non-hydrogen) atoms. The lowest BCUT2D eigenvalue weighted by molar-refractivity contribution is 0.0728.